The summed E-state index contributed by atoms with van der Waals surface area (Å²) in [6.45, 7) is 8.93. The molecule has 1 saturated heterocycles. The van der Waals surface area contributed by atoms with Gasteiger partial charge >= 0.3 is 0 Å². The number of hydrogen-bond donors (Lipinski definition) is 2. The molecule has 0 bridgehead atoms. The first kappa shape index (κ1) is 21.6. The highest BCUT2D eigenvalue weighted by atomic mass is 16.8. The van der Waals surface area contributed by atoms with E-state index in [0.717, 1.165) is 50.5 Å². The molecule has 1 aromatic carbocycles. The van der Waals surface area contributed by atoms with Gasteiger partial charge in [0.1, 0.15) is 0 Å². The van der Waals surface area contributed by atoms with E-state index in [-0.39, 0.29) is 29.1 Å². The van der Waals surface area contributed by atoms with Crippen molar-refractivity contribution in [1.82, 2.24) is 0 Å². The molecular weight excluding hydrogens is 400 g/mol. The molecule has 0 amide bonds. The van der Waals surface area contributed by atoms with Crippen LogP contribution in [0.2, 0.25) is 0 Å². The average molecular weight is 441 g/mol. The zero-order valence-corrected chi connectivity index (χ0v) is 20.1. The summed E-state index contributed by atoms with van der Waals surface area (Å²) in [5.74, 6) is 1.14. The van der Waals surface area contributed by atoms with Crippen molar-refractivity contribution in [1.29, 1.82) is 0 Å². The molecule has 1 unspecified atom stereocenters. The van der Waals surface area contributed by atoms with Crippen molar-refractivity contribution in [2.75, 3.05) is 0 Å². The molecule has 4 saturated carbocycles. The van der Waals surface area contributed by atoms with Crippen LogP contribution in [0.1, 0.15) is 78.2 Å². The van der Waals surface area contributed by atoms with Gasteiger partial charge in [0, 0.05) is 5.41 Å². The van der Waals surface area contributed by atoms with Crippen LogP contribution < -0.4 is 0 Å². The van der Waals surface area contributed by atoms with Gasteiger partial charge in [-0.25, -0.2) is 0 Å². The lowest BCUT2D eigenvalue weighted by Gasteiger charge is -2.63. The first-order valence-electron chi connectivity index (χ1n) is 12.9. The standard InChI is InChI=1S/C28H40O4/c1-25(2)31-23-21-16-18(29)10-13-26(21,3)19-11-14-27(4)20(22(19)24(23)32-25)12-15-28(27,30)17-8-6-5-7-9-17/h5-9,18-24,29-30H,10-16H2,1-4H3/t18-,19-,20-,21+,22?,23+,24+,26+,27-,28+/m0/s1. The molecule has 5 fully saturated rings. The molecule has 1 aromatic rings. The Labute approximate surface area is 192 Å². The van der Waals surface area contributed by atoms with Crippen molar-refractivity contribution < 1.29 is 19.7 Å². The number of aliphatic hydroxyl groups excluding tert-OH is 1. The fourth-order valence-corrected chi connectivity index (χ4v) is 9.37. The van der Waals surface area contributed by atoms with Crippen LogP contribution in [0, 0.1) is 34.5 Å². The number of fused-ring (bicyclic) bond motifs is 8. The molecule has 1 heterocycles. The van der Waals surface area contributed by atoms with E-state index in [1.165, 1.54) is 0 Å². The maximum Gasteiger partial charge on any atom is 0.163 e. The van der Waals surface area contributed by atoms with E-state index < -0.39 is 11.4 Å². The third kappa shape index (κ3) is 2.70. The van der Waals surface area contributed by atoms with Gasteiger partial charge in [-0.3, -0.25) is 0 Å². The molecule has 0 radical (unpaired) electrons. The van der Waals surface area contributed by atoms with E-state index >= 15 is 0 Å². The Morgan fingerprint density at radius 1 is 0.812 bits per heavy atom. The monoisotopic (exact) mass is 440 g/mol. The Hall–Kier alpha value is -0.940. The Balaban J connectivity index is 1.43. The van der Waals surface area contributed by atoms with Gasteiger partial charge in [-0.05, 0) is 93.4 Å². The molecule has 0 spiro atoms. The molecule has 0 aromatic heterocycles. The maximum absolute atomic E-state index is 12.2. The minimum absolute atomic E-state index is 0.0407. The second-order valence-corrected chi connectivity index (χ2v) is 12.6. The first-order valence-corrected chi connectivity index (χ1v) is 12.9. The molecule has 1 aliphatic heterocycles. The van der Waals surface area contributed by atoms with Crippen LogP contribution in [0.15, 0.2) is 30.3 Å². The molecular formula is C28H40O4. The van der Waals surface area contributed by atoms with Crippen LogP contribution in [0.3, 0.4) is 0 Å². The van der Waals surface area contributed by atoms with E-state index in [9.17, 15) is 10.2 Å². The van der Waals surface area contributed by atoms with Gasteiger partial charge in [-0.2, -0.15) is 0 Å². The summed E-state index contributed by atoms with van der Waals surface area (Å²) in [4.78, 5) is 0. The largest absolute Gasteiger partial charge is 0.393 e. The quantitative estimate of drug-likeness (QED) is 0.644. The predicted octanol–water partition coefficient (Wildman–Crippen LogP) is 5.02. The van der Waals surface area contributed by atoms with Crippen LogP contribution in [0.5, 0.6) is 0 Å². The van der Waals surface area contributed by atoms with Crippen molar-refractivity contribution in [2.45, 2.75) is 102 Å². The van der Waals surface area contributed by atoms with E-state index in [1.54, 1.807) is 0 Å². The molecule has 176 valence electrons. The van der Waals surface area contributed by atoms with E-state index in [1.807, 2.05) is 19.9 Å². The number of hydrogen-bond acceptors (Lipinski definition) is 4. The van der Waals surface area contributed by atoms with Crippen molar-refractivity contribution in [3.05, 3.63) is 35.9 Å². The first-order chi connectivity index (χ1) is 15.1. The summed E-state index contributed by atoms with van der Waals surface area (Å²) < 4.78 is 13.3. The summed E-state index contributed by atoms with van der Waals surface area (Å²) >= 11 is 0. The molecule has 4 aliphatic carbocycles. The van der Waals surface area contributed by atoms with Gasteiger partial charge in [0.15, 0.2) is 5.79 Å². The highest BCUT2D eigenvalue weighted by molar-refractivity contribution is 5.30. The van der Waals surface area contributed by atoms with E-state index in [4.69, 9.17) is 9.47 Å². The zero-order chi connectivity index (χ0) is 22.5. The molecule has 2 N–H and O–H groups in total. The lowest BCUT2D eigenvalue weighted by molar-refractivity contribution is -0.206. The van der Waals surface area contributed by atoms with Crippen molar-refractivity contribution >= 4 is 0 Å². The molecule has 5 aliphatic rings. The van der Waals surface area contributed by atoms with Crippen molar-refractivity contribution in [2.24, 2.45) is 34.5 Å². The lowest BCUT2D eigenvalue weighted by atomic mass is 9.43. The van der Waals surface area contributed by atoms with Gasteiger partial charge in [-0.1, -0.05) is 44.2 Å². The van der Waals surface area contributed by atoms with Gasteiger partial charge < -0.3 is 19.7 Å². The van der Waals surface area contributed by atoms with E-state index in [2.05, 4.69) is 38.1 Å². The van der Waals surface area contributed by atoms with Crippen LogP contribution >= 0.6 is 0 Å². The third-order valence-electron chi connectivity index (χ3n) is 10.9. The summed E-state index contributed by atoms with van der Waals surface area (Å²) in [6, 6.07) is 10.4. The fourth-order valence-electron chi connectivity index (χ4n) is 9.37. The number of aliphatic hydroxyl groups is 2. The second kappa shape index (κ2) is 6.81. The Morgan fingerprint density at radius 3 is 2.25 bits per heavy atom. The number of benzene rings is 1. The lowest BCUT2D eigenvalue weighted by Crippen LogP contribution is -2.64. The highest BCUT2D eigenvalue weighted by Gasteiger charge is 2.70. The second-order valence-electron chi connectivity index (χ2n) is 12.6. The minimum Gasteiger partial charge on any atom is -0.393 e. The SMILES string of the molecule is CC1(C)O[C@H]2[C@H](O1)C1[C@H](CC[C@@]3(C)[C@H]1CC[C@@]3(O)c1ccccc1)[C@@]1(C)CC[C@H](O)C[C@H]21. The van der Waals surface area contributed by atoms with Crippen molar-refractivity contribution in [3.63, 3.8) is 0 Å². The Bertz CT molecular complexity index is 885. The summed E-state index contributed by atoms with van der Waals surface area (Å²) in [5.41, 5.74) is 0.302. The summed E-state index contributed by atoms with van der Waals surface area (Å²) in [5, 5.41) is 22.7. The van der Waals surface area contributed by atoms with E-state index in [0.29, 0.717) is 23.7 Å². The van der Waals surface area contributed by atoms with Gasteiger partial charge in [-0.15, -0.1) is 0 Å². The molecule has 10 atom stereocenters. The van der Waals surface area contributed by atoms with Crippen LogP contribution in [0.25, 0.3) is 0 Å². The number of ether oxygens (including phenoxy) is 2. The predicted molar refractivity (Wildman–Crippen MR) is 123 cm³/mol. The summed E-state index contributed by atoms with van der Waals surface area (Å²) in [7, 11) is 0. The molecule has 6 rings (SSSR count). The normalized spacial score (nSPS) is 53.8. The fraction of sp³-hybridized carbons (Fsp3) is 0.786. The smallest absolute Gasteiger partial charge is 0.163 e. The maximum atomic E-state index is 12.2. The van der Waals surface area contributed by atoms with Gasteiger partial charge in [0.25, 0.3) is 0 Å². The van der Waals surface area contributed by atoms with Crippen LogP contribution in [-0.4, -0.2) is 34.3 Å². The van der Waals surface area contributed by atoms with Gasteiger partial charge in [0.2, 0.25) is 0 Å². The van der Waals surface area contributed by atoms with Crippen LogP contribution in [-0.2, 0) is 15.1 Å². The third-order valence-corrected chi connectivity index (χ3v) is 10.9. The van der Waals surface area contributed by atoms with Crippen LogP contribution in [0.4, 0.5) is 0 Å². The zero-order valence-electron chi connectivity index (χ0n) is 20.1. The van der Waals surface area contributed by atoms with Crippen molar-refractivity contribution in [3.8, 4) is 0 Å². The number of rotatable bonds is 1. The van der Waals surface area contributed by atoms with Gasteiger partial charge in [0.05, 0.1) is 23.9 Å². The topological polar surface area (TPSA) is 58.9 Å². The summed E-state index contributed by atoms with van der Waals surface area (Å²) in [6.07, 6.45) is 6.71. The average Bonchev–Trinajstić information content (AvgIpc) is 3.23. The molecule has 4 nitrogen and oxygen atoms in total. The molecule has 4 heteroatoms. The molecule has 32 heavy (non-hydrogen) atoms. The minimum atomic E-state index is -0.783. The Kier molecular flexibility index (Phi) is 4.59. The highest BCUT2D eigenvalue weighted by Crippen LogP contribution is 2.71. The Morgan fingerprint density at radius 2 is 1.50 bits per heavy atom.